The van der Waals surface area contributed by atoms with Crippen molar-refractivity contribution in [1.82, 2.24) is 0 Å². The zero-order chi connectivity index (χ0) is 11.5. The van der Waals surface area contributed by atoms with Crippen molar-refractivity contribution >= 4 is 0 Å². The lowest BCUT2D eigenvalue weighted by atomic mass is 10.0. The number of rotatable bonds is 1. The minimum absolute atomic E-state index is 0.00325. The number of nitriles is 1. The van der Waals surface area contributed by atoms with Crippen LogP contribution >= 0.6 is 0 Å². The summed E-state index contributed by atoms with van der Waals surface area (Å²) in [5, 5.41) is 18.3. The molecule has 1 N–H and O–H groups in total. The average molecular weight is 213 g/mol. The maximum Gasteiger partial charge on any atom is 0.124 e. The van der Waals surface area contributed by atoms with Gasteiger partial charge in [0.2, 0.25) is 0 Å². The molecule has 0 heterocycles. The highest BCUT2D eigenvalue weighted by Crippen LogP contribution is 2.29. The Bertz CT molecular complexity index is 572. The minimum Gasteiger partial charge on any atom is -0.507 e. The van der Waals surface area contributed by atoms with Crippen molar-refractivity contribution in [2.24, 2.45) is 0 Å². The zero-order valence-electron chi connectivity index (χ0n) is 8.31. The molecule has 0 aliphatic carbocycles. The van der Waals surface area contributed by atoms with Crippen molar-refractivity contribution in [2.45, 2.75) is 0 Å². The van der Waals surface area contributed by atoms with Gasteiger partial charge in [-0.15, -0.1) is 0 Å². The van der Waals surface area contributed by atoms with E-state index in [4.69, 9.17) is 5.26 Å². The number of halogens is 1. The number of hydrogen-bond donors (Lipinski definition) is 1. The summed E-state index contributed by atoms with van der Waals surface area (Å²) in [6, 6.07) is 12.4. The maximum atomic E-state index is 13.0. The maximum absolute atomic E-state index is 13.0. The van der Waals surface area contributed by atoms with Crippen LogP contribution in [0.5, 0.6) is 5.75 Å². The molecule has 0 saturated carbocycles. The van der Waals surface area contributed by atoms with E-state index in [1.807, 2.05) is 6.07 Å². The third-order valence-corrected chi connectivity index (χ3v) is 2.26. The predicted octanol–water partition coefficient (Wildman–Crippen LogP) is 3.07. The average Bonchev–Trinajstić information content (AvgIpc) is 2.32. The number of phenols is 1. The second-order valence-corrected chi connectivity index (χ2v) is 3.35. The van der Waals surface area contributed by atoms with Gasteiger partial charge in [0.15, 0.2) is 0 Å². The second-order valence-electron chi connectivity index (χ2n) is 3.35. The molecule has 78 valence electrons. The third kappa shape index (κ3) is 1.86. The quantitative estimate of drug-likeness (QED) is 0.791. The van der Waals surface area contributed by atoms with E-state index in [2.05, 4.69) is 0 Å². The largest absolute Gasteiger partial charge is 0.507 e. The summed E-state index contributed by atoms with van der Waals surface area (Å²) in [6.45, 7) is 0. The van der Waals surface area contributed by atoms with Gasteiger partial charge in [0, 0.05) is 5.56 Å². The van der Waals surface area contributed by atoms with E-state index in [9.17, 15) is 9.50 Å². The summed E-state index contributed by atoms with van der Waals surface area (Å²) >= 11 is 0. The van der Waals surface area contributed by atoms with Crippen LogP contribution in [-0.4, -0.2) is 5.11 Å². The highest BCUT2D eigenvalue weighted by molar-refractivity contribution is 5.71. The summed E-state index contributed by atoms with van der Waals surface area (Å²) in [5.41, 5.74) is 1.48. The Balaban J connectivity index is 2.58. The molecule has 16 heavy (non-hydrogen) atoms. The number of aromatic hydroxyl groups is 1. The fourth-order valence-electron chi connectivity index (χ4n) is 1.50. The highest BCUT2D eigenvalue weighted by atomic mass is 19.1. The monoisotopic (exact) mass is 213 g/mol. The van der Waals surface area contributed by atoms with Gasteiger partial charge < -0.3 is 5.11 Å². The molecular weight excluding hydrogens is 205 g/mol. The van der Waals surface area contributed by atoms with Gasteiger partial charge in [-0.05, 0) is 35.9 Å². The van der Waals surface area contributed by atoms with Crippen molar-refractivity contribution in [3.8, 4) is 22.9 Å². The van der Waals surface area contributed by atoms with Crippen molar-refractivity contribution in [3.63, 3.8) is 0 Å². The Kier molecular flexibility index (Phi) is 2.57. The van der Waals surface area contributed by atoms with Gasteiger partial charge in [-0.1, -0.05) is 12.1 Å². The minimum atomic E-state index is -0.421. The Morgan fingerprint density at radius 2 is 1.94 bits per heavy atom. The Morgan fingerprint density at radius 1 is 1.12 bits per heavy atom. The van der Waals surface area contributed by atoms with Crippen LogP contribution in [0.4, 0.5) is 4.39 Å². The van der Waals surface area contributed by atoms with Crippen molar-refractivity contribution in [2.75, 3.05) is 0 Å². The first-order valence-corrected chi connectivity index (χ1v) is 4.70. The number of nitrogens with zero attached hydrogens (tertiary/aromatic N) is 1. The molecule has 0 bridgehead atoms. The van der Waals surface area contributed by atoms with Crippen LogP contribution in [0.1, 0.15) is 5.56 Å². The molecular formula is C13H8FNO. The summed E-state index contributed by atoms with van der Waals surface area (Å²) in [6.07, 6.45) is 0. The van der Waals surface area contributed by atoms with Crippen LogP contribution in [0.3, 0.4) is 0 Å². The number of benzene rings is 2. The Hall–Kier alpha value is -2.34. The summed E-state index contributed by atoms with van der Waals surface area (Å²) in [5.74, 6) is -0.424. The molecule has 2 aromatic carbocycles. The van der Waals surface area contributed by atoms with Gasteiger partial charge in [-0.2, -0.15) is 5.26 Å². The van der Waals surface area contributed by atoms with E-state index in [0.717, 1.165) is 0 Å². The molecule has 3 heteroatoms. The molecule has 0 amide bonds. The second kappa shape index (κ2) is 4.03. The van der Waals surface area contributed by atoms with E-state index in [1.54, 1.807) is 24.3 Å². The lowest BCUT2D eigenvalue weighted by Crippen LogP contribution is -1.83. The van der Waals surface area contributed by atoms with E-state index >= 15 is 0 Å². The Labute approximate surface area is 92.2 Å². The van der Waals surface area contributed by atoms with Crippen LogP contribution < -0.4 is 0 Å². The molecule has 0 aromatic heterocycles. The molecule has 0 atom stereocenters. The molecule has 0 fully saturated rings. The molecule has 0 unspecified atom stereocenters. The van der Waals surface area contributed by atoms with Crippen molar-refractivity contribution in [1.29, 1.82) is 5.26 Å². The smallest absolute Gasteiger partial charge is 0.124 e. The summed E-state index contributed by atoms with van der Waals surface area (Å²) < 4.78 is 13.0. The fraction of sp³-hybridized carbons (Fsp3) is 0. The van der Waals surface area contributed by atoms with Gasteiger partial charge in [0.1, 0.15) is 11.6 Å². The normalized spacial score (nSPS) is 9.75. The van der Waals surface area contributed by atoms with Crippen LogP contribution in [-0.2, 0) is 0 Å². The molecule has 2 nitrogen and oxygen atoms in total. The Morgan fingerprint density at radius 3 is 2.69 bits per heavy atom. The highest BCUT2D eigenvalue weighted by Gasteiger charge is 2.06. The molecule has 0 radical (unpaired) electrons. The van der Waals surface area contributed by atoms with Crippen LogP contribution in [0.15, 0.2) is 42.5 Å². The van der Waals surface area contributed by atoms with Crippen molar-refractivity contribution < 1.29 is 9.50 Å². The van der Waals surface area contributed by atoms with Crippen LogP contribution in [0.25, 0.3) is 11.1 Å². The van der Waals surface area contributed by atoms with Crippen LogP contribution in [0, 0.1) is 17.1 Å². The van der Waals surface area contributed by atoms with E-state index < -0.39 is 5.82 Å². The van der Waals surface area contributed by atoms with E-state index in [1.165, 1.54) is 18.2 Å². The topological polar surface area (TPSA) is 44.0 Å². The van der Waals surface area contributed by atoms with E-state index in [-0.39, 0.29) is 5.75 Å². The molecule has 0 spiro atoms. The first kappa shape index (κ1) is 10.2. The lowest BCUT2D eigenvalue weighted by Gasteiger charge is -2.04. The van der Waals surface area contributed by atoms with Gasteiger partial charge in [-0.3, -0.25) is 0 Å². The van der Waals surface area contributed by atoms with Gasteiger partial charge >= 0.3 is 0 Å². The fourth-order valence-corrected chi connectivity index (χ4v) is 1.50. The summed E-state index contributed by atoms with van der Waals surface area (Å²) in [7, 11) is 0. The first-order chi connectivity index (χ1) is 7.70. The van der Waals surface area contributed by atoms with Gasteiger partial charge in [0.05, 0.1) is 11.6 Å². The molecule has 0 saturated heterocycles. The third-order valence-electron chi connectivity index (χ3n) is 2.26. The molecule has 0 aliphatic rings. The lowest BCUT2D eigenvalue weighted by molar-refractivity contribution is 0.475. The zero-order valence-corrected chi connectivity index (χ0v) is 8.31. The number of phenolic OH excluding ortho intramolecular Hbond substituents is 1. The number of hydrogen-bond acceptors (Lipinski definition) is 2. The standard InChI is InChI=1S/C13H8FNO/c14-11-4-5-13(16)12(7-11)10-3-1-2-9(6-10)8-15/h1-7,16H. The van der Waals surface area contributed by atoms with Crippen molar-refractivity contribution in [3.05, 3.63) is 53.8 Å². The van der Waals surface area contributed by atoms with Gasteiger partial charge in [0.25, 0.3) is 0 Å². The SMILES string of the molecule is N#Cc1cccc(-c2cc(F)ccc2O)c1. The molecule has 2 rings (SSSR count). The predicted molar refractivity (Wildman–Crippen MR) is 58.2 cm³/mol. The van der Waals surface area contributed by atoms with Crippen LogP contribution in [0.2, 0.25) is 0 Å². The van der Waals surface area contributed by atoms with Gasteiger partial charge in [-0.25, -0.2) is 4.39 Å². The summed E-state index contributed by atoms with van der Waals surface area (Å²) in [4.78, 5) is 0. The first-order valence-electron chi connectivity index (χ1n) is 4.70. The van der Waals surface area contributed by atoms with E-state index in [0.29, 0.717) is 16.7 Å². The molecule has 2 aromatic rings. The molecule has 0 aliphatic heterocycles.